The van der Waals surface area contributed by atoms with Crippen LogP contribution in [0.4, 0.5) is 0 Å². The number of hydrogen-bond acceptors (Lipinski definition) is 5. The molecule has 144 valence electrons. The molecular formula is C20H26N4O3. The number of para-hydroxylation sites is 1. The van der Waals surface area contributed by atoms with Gasteiger partial charge in [0.25, 0.3) is 0 Å². The van der Waals surface area contributed by atoms with Crippen molar-refractivity contribution in [1.82, 2.24) is 19.7 Å². The number of aliphatic hydroxyl groups is 1. The molecule has 0 saturated carbocycles. The standard InChI is InChI=1S/C20H26N4O3/c1-23-18(13-25)21-22-19(23)14-6-9-24(10-7-14)20(26)16-8-11-27-17-5-3-2-4-15(17)12-16/h2-5,14,16,25H,6-13H2,1H3/t16-/m0/s1. The number of likely N-dealkylation sites (tertiary alicyclic amines) is 1. The van der Waals surface area contributed by atoms with Crippen LogP contribution in [-0.4, -0.2) is 50.4 Å². The van der Waals surface area contributed by atoms with Crippen molar-refractivity contribution in [3.8, 4) is 5.75 Å². The van der Waals surface area contributed by atoms with Crippen molar-refractivity contribution in [2.45, 2.75) is 38.2 Å². The lowest BCUT2D eigenvalue weighted by molar-refractivity contribution is -0.137. The van der Waals surface area contributed by atoms with E-state index in [0.717, 1.165) is 55.9 Å². The molecule has 1 atom stereocenters. The number of piperidine rings is 1. The molecule has 4 rings (SSSR count). The van der Waals surface area contributed by atoms with E-state index in [-0.39, 0.29) is 24.3 Å². The van der Waals surface area contributed by atoms with Crippen LogP contribution in [0, 0.1) is 5.92 Å². The summed E-state index contributed by atoms with van der Waals surface area (Å²) in [5, 5.41) is 17.6. The summed E-state index contributed by atoms with van der Waals surface area (Å²) < 4.78 is 7.68. The lowest BCUT2D eigenvalue weighted by atomic mass is 9.92. The average Bonchev–Trinajstić information content (AvgIpc) is 2.94. The van der Waals surface area contributed by atoms with E-state index >= 15 is 0 Å². The molecule has 3 heterocycles. The Morgan fingerprint density at radius 1 is 1.22 bits per heavy atom. The van der Waals surface area contributed by atoms with Gasteiger partial charge in [-0.3, -0.25) is 4.79 Å². The number of rotatable bonds is 3. The molecule has 0 aliphatic carbocycles. The van der Waals surface area contributed by atoms with Crippen molar-refractivity contribution < 1.29 is 14.6 Å². The van der Waals surface area contributed by atoms with Gasteiger partial charge in [-0.25, -0.2) is 0 Å². The van der Waals surface area contributed by atoms with E-state index in [2.05, 4.69) is 16.3 Å². The fourth-order valence-electron chi connectivity index (χ4n) is 4.19. The van der Waals surface area contributed by atoms with Gasteiger partial charge < -0.3 is 19.3 Å². The number of carbonyl (C=O) groups excluding carboxylic acids is 1. The number of fused-ring (bicyclic) bond motifs is 1. The summed E-state index contributed by atoms with van der Waals surface area (Å²) in [6.07, 6.45) is 3.26. The molecule has 0 radical (unpaired) electrons. The first-order chi connectivity index (χ1) is 13.2. The zero-order chi connectivity index (χ0) is 18.8. The quantitative estimate of drug-likeness (QED) is 0.889. The monoisotopic (exact) mass is 370 g/mol. The van der Waals surface area contributed by atoms with Gasteiger partial charge in [-0.2, -0.15) is 0 Å². The summed E-state index contributed by atoms with van der Waals surface area (Å²) in [6.45, 7) is 1.96. The predicted molar refractivity (Wildman–Crippen MR) is 99.2 cm³/mol. The minimum Gasteiger partial charge on any atom is -0.493 e. The Bertz CT molecular complexity index is 811. The Labute approximate surface area is 159 Å². The molecule has 1 aromatic carbocycles. The molecule has 1 saturated heterocycles. The molecule has 2 aliphatic rings. The number of benzene rings is 1. The zero-order valence-corrected chi connectivity index (χ0v) is 15.7. The third-order valence-electron chi connectivity index (χ3n) is 5.82. The first kappa shape index (κ1) is 18.0. The van der Waals surface area contributed by atoms with Gasteiger partial charge in [0.1, 0.15) is 18.2 Å². The Morgan fingerprint density at radius 2 is 2.00 bits per heavy atom. The molecule has 0 unspecified atom stereocenters. The highest BCUT2D eigenvalue weighted by atomic mass is 16.5. The van der Waals surface area contributed by atoms with Crippen molar-refractivity contribution in [2.24, 2.45) is 13.0 Å². The zero-order valence-electron chi connectivity index (χ0n) is 15.7. The number of carbonyl (C=O) groups is 1. The highest BCUT2D eigenvalue weighted by Gasteiger charge is 2.32. The molecule has 1 N–H and O–H groups in total. The largest absolute Gasteiger partial charge is 0.493 e. The molecule has 27 heavy (non-hydrogen) atoms. The molecule has 2 aliphatic heterocycles. The predicted octanol–water partition coefficient (Wildman–Crippen LogP) is 1.65. The first-order valence-corrected chi connectivity index (χ1v) is 9.66. The summed E-state index contributed by atoms with van der Waals surface area (Å²) >= 11 is 0. The van der Waals surface area contributed by atoms with Gasteiger partial charge in [0.2, 0.25) is 5.91 Å². The van der Waals surface area contributed by atoms with Gasteiger partial charge in [0, 0.05) is 32.0 Å². The van der Waals surface area contributed by atoms with E-state index in [4.69, 9.17) is 4.74 Å². The number of aromatic nitrogens is 3. The SMILES string of the molecule is Cn1c(CO)nnc1C1CCN(C(=O)[C@H]2CCOc3ccccc3C2)CC1. The van der Waals surface area contributed by atoms with Crippen molar-refractivity contribution in [2.75, 3.05) is 19.7 Å². The number of hydrogen-bond donors (Lipinski definition) is 1. The molecule has 2 aromatic rings. The van der Waals surface area contributed by atoms with Crippen LogP contribution in [0.2, 0.25) is 0 Å². The van der Waals surface area contributed by atoms with E-state index in [1.54, 1.807) is 0 Å². The maximum absolute atomic E-state index is 13.1. The molecule has 0 spiro atoms. The molecule has 1 aromatic heterocycles. The third-order valence-corrected chi connectivity index (χ3v) is 5.82. The summed E-state index contributed by atoms with van der Waals surface area (Å²) in [5.41, 5.74) is 1.12. The lowest BCUT2D eigenvalue weighted by Gasteiger charge is -2.33. The summed E-state index contributed by atoms with van der Waals surface area (Å²) in [5.74, 6) is 2.91. The molecule has 1 amide bonds. The van der Waals surface area contributed by atoms with Crippen LogP contribution >= 0.6 is 0 Å². The van der Waals surface area contributed by atoms with E-state index < -0.39 is 0 Å². The Hall–Kier alpha value is -2.41. The number of amides is 1. The summed E-state index contributed by atoms with van der Waals surface area (Å²) in [6, 6.07) is 8.01. The van der Waals surface area contributed by atoms with Crippen molar-refractivity contribution >= 4 is 5.91 Å². The Morgan fingerprint density at radius 3 is 2.74 bits per heavy atom. The molecule has 1 fully saturated rings. The minimum absolute atomic E-state index is 0.0129. The molecule has 7 heteroatoms. The fourth-order valence-corrected chi connectivity index (χ4v) is 4.19. The molecule has 7 nitrogen and oxygen atoms in total. The van der Waals surface area contributed by atoms with Gasteiger partial charge in [-0.15, -0.1) is 10.2 Å². The van der Waals surface area contributed by atoms with E-state index in [1.165, 1.54) is 0 Å². The third kappa shape index (κ3) is 3.56. The molecule has 0 bridgehead atoms. The second kappa shape index (κ2) is 7.68. The van der Waals surface area contributed by atoms with Crippen molar-refractivity contribution in [3.05, 3.63) is 41.5 Å². The van der Waals surface area contributed by atoms with Crippen LogP contribution in [0.25, 0.3) is 0 Å². The Kier molecular flexibility index (Phi) is 5.11. The topological polar surface area (TPSA) is 80.5 Å². The summed E-state index contributed by atoms with van der Waals surface area (Å²) in [7, 11) is 1.89. The number of aliphatic hydroxyl groups excluding tert-OH is 1. The minimum atomic E-state index is -0.105. The number of ether oxygens (including phenoxy) is 1. The van der Waals surface area contributed by atoms with Gasteiger partial charge in [0.15, 0.2) is 5.82 Å². The van der Waals surface area contributed by atoms with Gasteiger partial charge in [-0.1, -0.05) is 18.2 Å². The second-order valence-electron chi connectivity index (χ2n) is 7.44. The summed E-state index contributed by atoms with van der Waals surface area (Å²) in [4.78, 5) is 15.1. The van der Waals surface area contributed by atoms with Crippen molar-refractivity contribution in [1.29, 1.82) is 0 Å². The van der Waals surface area contributed by atoms with E-state index in [9.17, 15) is 9.90 Å². The van der Waals surface area contributed by atoms with Crippen LogP contribution in [0.3, 0.4) is 0 Å². The van der Waals surface area contributed by atoms with E-state index in [1.807, 2.05) is 34.7 Å². The maximum atomic E-state index is 13.1. The van der Waals surface area contributed by atoms with Gasteiger partial charge >= 0.3 is 0 Å². The van der Waals surface area contributed by atoms with Gasteiger partial charge in [-0.05, 0) is 37.3 Å². The van der Waals surface area contributed by atoms with Crippen molar-refractivity contribution in [3.63, 3.8) is 0 Å². The number of nitrogens with zero attached hydrogens (tertiary/aromatic N) is 4. The lowest BCUT2D eigenvalue weighted by Crippen LogP contribution is -2.42. The Balaban J connectivity index is 1.39. The molecular weight excluding hydrogens is 344 g/mol. The van der Waals surface area contributed by atoms with Crippen LogP contribution in [-0.2, 0) is 24.9 Å². The highest BCUT2D eigenvalue weighted by Crippen LogP contribution is 2.31. The normalized spacial score (nSPS) is 20.7. The second-order valence-corrected chi connectivity index (χ2v) is 7.44. The van der Waals surface area contributed by atoms with Crippen LogP contribution < -0.4 is 4.74 Å². The van der Waals surface area contributed by atoms with Crippen LogP contribution in [0.5, 0.6) is 5.75 Å². The highest BCUT2D eigenvalue weighted by molar-refractivity contribution is 5.79. The smallest absolute Gasteiger partial charge is 0.226 e. The van der Waals surface area contributed by atoms with Gasteiger partial charge in [0.05, 0.1) is 6.61 Å². The first-order valence-electron chi connectivity index (χ1n) is 9.66. The van der Waals surface area contributed by atoms with Crippen LogP contribution in [0.1, 0.15) is 42.4 Å². The maximum Gasteiger partial charge on any atom is 0.226 e. The van der Waals surface area contributed by atoms with Crippen LogP contribution in [0.15, 0.2) is 24.3 Å². The fraction of sp³-hybridized carbons (Fsp3) is 0.550. The van der Waals surface area contributed by atoms with E-state index in [0.29, 0.717) is 12.4 Å². The average molecular weight is 370 g/mol.